The Hall–Kier alpha value is -0.840. The van der Waals surface area contributed by atoms with Crippen molar-refractivity contribution < 1.29 is 0 Å². The Bertz CT molecular complexity index is 701. The Balaban J connectivity index is 2.17. The van der Waals surface area contributed by atoms with Crippen molar-refractivity contribution in [2.75, 3.05) is 13.1 Å². The summed E-state index contributed by atoms with van der Waals surface area (Å²) in [5.41, 5.74) is 3.54. The largest absolute Gasteiger partial charge is 0.331 e. The minimum atomic E-state index is 0.373. The fourth-order valence-electron chi connectivity index (χ4n) is 3.27. The van der Waals surface area contributed by atoms with Gasteiger partial charge in [-0.2, -0.15) is 0 Å². The Kier molecular flexibility index (Phi) is 3.65. The van der Waals surface area contributed by atoms with Gasteiger partial charge in [-0.1, -0.05) is 25.4 Å². The highest BCUT2D eigenvalue weighted by Gasteiger charge is 2.23. The number of aromatic amines is 1. The zero-order chi connectivity index (χ0) is 14.4. The number of benzene rings is 1. The summed E-state index contributed by atoms with van der Waals surface area (Å²) in [6, 6.07) is 4.42. The molecule has 1 N–H and O–H groups in total. The van der Waals surface area contributed by atoms with Crippen molar-refractivity contribution in [3.8, 4) is 0 Å². The summed E-state index contributed by atoms with van der Waals surface area (Å²) >= 11 is 11.7. The van der Waals surface area contributed by atoms with Gasteiger partial charge in [-0.25, -0.2) is 0 Å². The van der Waals surface area contributed by atoms with Crippen LogP contribution in [0.25, 0.3) is 11.0 Å². The van der Waals surface area contributed by atoms with Crippen molar-refractivity contribution in [1.29, 1.82) is 0 Å². The Labute approximate surface area is 129 Å². The second kappa shape index (κ2) is 5.17. The number of halogens is 1. The molecule has 3 nitrogen and oxygen atoms in total. The quantitative estimate of drug-likeness (QED) is 0.832. The maximum atomic E-state index is 6.25. The van der Waals surface area contributed by atoms with Crippen LogP contribution in [0.5, 0.6) is 0 Å². The van der Waals surface area contributed by atoms with Gasteiger partial charge >= 0.3 is 0 Å². The van der Waals surface area contributed by atoms with Crippen LogP contribution in [0.3, 0.4) is 0 Å². The smallest absolute Gasteiger partial charge is 0.178 e. The Morgan fingerprint density at radius 2 is 2.20 bits per heavy atom. The second-order valence-corrected chi connectivity index (χ2v) is 7.02. The molecule has 108 valence electrons. The molecular weight excluding hydrogens is 290 g/mol. The highest BCUT2D eigenvalue weighted by molar-refractivity contribution is 7.71. The summed E-state index contributed by atoms with van der Waals surface area (Å²) in [4.78, 5) is 5.79. The van der Waals surface area contributed by atoms with Crippen molar-refractivity contribution in [2.45, 2.75) is 33.4 Å². The molecule has 0 radical (unpaired) electrons. The molecule has 1 aliphatic rings. The number of rotatable bonds is 2. The van der Waals surface area contributed by atoms with E-state index in [9.17, 15) is 0 Å². The number of hydrogen-bond acceptors (Lipinski definition) is 2. The zero-order valence-electron chi connectivity index (χ0n) is 12.1. The van der Waals surface area contributed by atoms with Gasteiger partial charge < -0.3 is 9.55 Å². The van der Waals surface area contributed by atoms with E-state index in [1.807, 2.05) is 6.07 Å². The van der Waals surface area contributed by atoms with Gasteiger partial charge in [-0.3, -0.25) is 4.90 Å². The van der Waals surface area contributed by atoms with E-state index in [2.05, 4.69) is 41.3 Å². The molecule has 1 aromatic carbocycles. The minimum Gasteiger partial charge on any atom is -0.331 e. The van der Waals surface area contributed by atoms with Crippen LogP contribution in [0, 0.1) is 10.7 Å². The average Bonchev–Trinajstić information content (AvgIpc) is 2.56. The molecule has 0 saturated carbocycles. The third-order valence-corrected chi connectivity index (χ3v) is 4.35. The van der Waals surface area contributed by atoms with Gasteiger partial charge in [0.25, 0.3) is 0 Å². The Morgan fingerprint density at radius 1 is 1.45 bits per heavy atom. The lowest BCUT2D eigenvalue weighted by Crippen LogP contribution is -2.30. The molecule has 0 spiro atoms. The molecule has 0 saturated heterocycles. The van der Waals surface area contributed by atoms with E-state index >= 15 is 0 Å². The molecule has 5 heteroatoms. The number of nitrogens with one attached hydrogen (secondary N) is 1. The lowest BCUT2D eigenvalue weighted by atomic mass is 10.1. The summed E-state index contributed by atoms with van der Waals surface area (Å²) in [6.45, 7) is 9.81. The molecule has 1 unspecified atom stereocenters. The molecule has 3 rings (SSSR count). The van der Waals surface area contributed by atoms with E-state index in [0.717, 1.165) is 34.9 Å². The molecule has 2 aromatic rings. The molecule has 20 heavy (non-hydrogen) atoms. The van der Waals surface area contributed by atoms with Crippen LogP contribution in [0.15, 0.2) is 12.1 Å². The van der Waals surface area contributed by atoms with E-state index in [-0.39, 0.29) is 0 Å². The lowest BCUT2D eigenvalue weighted by molar-refractivity contribution is 0.214. The number of H-pyrrole nitrogens is 1. The molecule has 2 heterocycles. The van der Waals surface area contributed by atoms with Gasteiger partial charge in [0.1, 0.15) is 0 Å². The topological polar surface area (TPSA) is 24.0 Å². The SMILES string of the molecule is CC(C)CN1Cc2cc(Cl)cc3[nH]c(=S)n(c23)C(C)C1. The number of imidazole rings is 1. The summed E-state index contributed by atoms with van der Waals surface area (Å²) in [6.07, 6.45) is 0. The van der Waals surface area contributed by atoms with Crippen LogP contribution in [-0.2, 0) is 6.54 Å². The molecule has 0 bridgehead atoms. The molecule has 0 amide bonds. The van der Waals surface area contributed by atoms with E-state index in [0.29, 0.717) is 12.0 Å². The first-order valence-corrected chi connectivity index (χ1v) is 7.89. The number of hydrogen-bond donors (Lipinski definition) is 1. The highest BCUT2D eigenvalue weighted by atomic mass is 35.5. The van der Waals surface area contributed by atoms with Gasteiger partial charge in [0.05, 0.1) is 11.0 Å². The van der Waals surface area contributed by atoms with Gasteiger partial charge in [0.15, 0.2) is 4.77 Å². The normalized spacial score (nSPS) is 19.8. The zero-order valence-corrected chi connectivity index (χ0v) is 13.7. The molecule has 1 aliphatic heterocycles. The average molecular weight is 310 g/mol. The van der Waals surface area contributed by atoms with Gasteiger partial charge in [-0.05, 0) is 42.8 Å². The molecule has 0 aliphatic carbocycles. The molecule has 0 fully saturated rings. The van der Waals surface area contributed by atoms with E-state index in [1.165, 1.54) is 11.1 Å². The van der Waals surface area contributed by atoms with Gasteiger partial charge in [0, 0.05) is 30.7 Å². The van der Waals surface area contributed by atoms with Crippen LogP contribution in [0.1, 0.15) is 32.4 Å². The first-order valence-electron chi connectivity index (χ1n) is 7.10. The van der Waals surface area contributed by atoms with Gasteiger partial charge in [0.2, 0.25) is 0 Å². The van der Waals surface area contributed by atoms with Crippen LogP contribution < -0.4 is 0 Å². The summed E-state index contributed by atoms with van der Waals surface area (Å²) in [7, 11) is 0. The molecular formula is C15H20ClN3S. The van der Waals surface area contributed by atoms with E-state index in [4.69, 9.17) is 23.8 Å². The van der Waals surface area contributed by atoms with Crippen LogP contribution in [-0.4, -0.2) is 27.5 Å². The predicted molar refractivity (Wildman–Crippen MR) is 87.0 cm³/mol. The summed E-state index contributed by atoms with van der Waals surface area (Å²) in [5, 5.41) is 0.773. The van der Waals surface area contributed by atoms with Crippen molar-refractivity contribution in [3.63, 3.8) is 0 Å². The molecule has 1 atom stereocenters. The standard InChI is InChI=1S/C15H20ClN3S/c1-9(2)6-18-7-10(3)19-14-11(8-18)4-12(16)5-13(14)17-15(19)20/h4-5,9-10H,6-8H2,1-3H3,(H,17,20). The fraction of sp³-hybridized carbons (Fsp3) is 0.533. The van der Waals surface area contributed by atoms with Crippen LogP contribution >= 0.6 is 23.8 Å². The van der Waals surface area contributed by atoms with E-state index in [1.54, 1.807) is 0 Å². The van der Waals surface area contributed by atoms with Gasteiger partial charge in [-0.15, -0.1) is 0 Å². The predicted octanol–water partition coefficient (Wildman–Crippen LogP) is 4.38. The summed E-state index contributed by atoms with van der Waals surface area (Å²) in [5.74, 6) is 0.656. The third-order valence-electron chi connectivity index (χ3n) is 3.84. The third kappa shape index (κ3) is 2.41. The fourth-order valence-corrected chi connectivity index (χ4v) is 3.89. The highest BCUT2D eigenvalue weighted by Crippen LogP contribution is 2.31. The Morgan fingerprint density at radius 3 is 2.90 bits per heavy atom. The van der Waals surface area contributed by atoms with E-state index < -0.39 is 0 Å². The number of nitrogens with zero attached hydrogens (tertiary/aromatic N) is 2. The first kappa shape index (κ1) is 14.1. The second-order valence-electron chi connectivity index (χ2n) is 6.20. The monoisotopic (exact) mass is 309 g/mol. The maximum Gasteiger partial charge on any atom is 0.178 e. The number of aromatic nitrogens is 2. The van der Waals surface area contributed by atoms with Crippen LogP contribution in [0.2, 0.25) is 5.02 Å². The van der Waals surface area contributed by atoms with Crippen molar-refractivity contribution >= 4 is 34.9 Å². The van der Waals surface area contributed by atoms with Crippen molar-refractivity contribution in [3.05, 3.63) is 27.5 Å². The minimum absolute atomic E-state index is 0.373. The maximum absolute atomic E-state index is 6.25. The van der Waals surface area contributed by atoms with Crippen LogP contribution in [0.4, 0.5) is 0 Å². The lowest BCUT2D eigenvalue weighted by Gasteiger charge is -2.25. The molecule has 1 aromatic heterocycles. The van der Waals surface area contributed by atoms with Crippen molar-refractivity contribution in [1.82, 2.24) is 14.5 Å². The summed E-state index contributed by atoms with van der Waals surface area (Å²) < 4.78 is 3.04. The first-order chi connectivity index (χ1) is 9.45. The van der Waals surface area contributed by atoms with Crippen molar-refractivity contribution in [2.24, 2.45) is 5.92 Å².